The second-order valence-corrected chi connectivity index (χ2v) is 5.19. The van der Waals surface area contributed by atoms with E-state index in [4.69, 9.17) is 0 Å². The Morgan fingerprint density at radius 1 is 1.10 bits per heavy atom. The van der Waals surface area contributed by atoms with E-state index in [9.17, 15) is 19.5 Å². The summed E-state index contributed by atoms with van der Waals surface area (Å²) >= 11 is 0. The van der Waals surface area contributed by atoms with E-state index < -0.39 is 17.4 Å². The Morgan fingerprint density at radius 3 is 2.29 bits per heavy atom. The van der Waals surface area contributed by atoms with E-state index in [1.54, 1.807) is 30.3 Å². The maximum absolute atomic E-state index is 11.9. The van der Waals surface area contributed by atoms with Crippen LogP contribution in [0.2, 0.25) is 0 Å². The number of amides is 2. The average Bonchev–Trinajstić information content (AvgIpc) is 2.95. The monoisotopic (exact) mass is 290 g/mol. The molecule has 1 fully saturated rings. The van der Waals surface area contributed by atoms with E-state index in [0.29, 0.717) is 18.4 Å². The number of rotatable bonds is 5. The fraction of sp³-hybridized carbons (Fsp3) is 0.400. The Hall–Kier alpha value is -2.37. The van der Waals surface area contributed by atoms with Gasteiger partial charge in [0.25, 0.3) is 5.91 Å². The number of carbonyl (C=O) groups excluding carboxylic acids is 2. The van der Waals surface area contributed by atoms with Crippen molar-refractivity contribution in [1.82, 2.24) is 10.6 Å². The lowest BCUT2D eigenvalue weighted by Gasteiger charge is -2.25. The van der Waals surface area contributed by atoms with Crippen molar-refractivity contribution in [1.29, 1.82) is 0 Å². The highest BCUT2D eigenvalue weighted by molar-refractivity contribution is 5.97. The molecule has 0 unspecified atom stereocenters. The van der Waals surface area contributed by atoms with Crippen LogP contribution in [0.4, 0.5) is 0 Å². The molecule has 2 amide bonds. The largest absolute Gasteiger partial charge is 0.480 e. The van der Waals surface area contributed by atoms with Crippen LogP contribution in [-0.4, -0.2) is 35.0 Å². The molecule has 1 aliphatic carbocycles. The number of carbonyl (C=O) groups is 3. The SMILES string of the molecule is O=C(CNC(=O)c1ccccc1)NC1(C(=O)O)CCCC1. The summed E-state index contributed by atoms with van der Waals surface area (Å²) in [4.78, 5) is 35.0. The summed E-state index contributed by atoms with van der Waals surface area (Å²) in [6, 6.07) is 8.53. The van der Waals surface area contributed by atoms with Crippen LogP contribution in [-0.2, 0) is 9.59 Å². The molecule has 0 atom stereocenters. The van der Waals surface area contributed by atoms with Gasteiger partial charge in [0.05, 0.1) is 6.54 Å². The van der Waals surface area contributed by atoms with Crippen molar-refractivity contribution in [3.63, 3.8) is 0 Å². The quantitative estimate of drug-likeness (QED) is 0.751. The Labute approximate surface area is 122 Å². The summed E-state index contributed by atoms with van der Waals surface area (Å²) < 4.78 is 0. The van der Waals surface area contributed by atoms with Gasteiger partial charge in [0.1, 0.15) is 5.54 Å². The molecular weight excluding hydrogens is 272 g/mol. The van der Waals surface area contributed by atoms with Gasteiger partial charge in [0.15, 0.2) is 0 Å². The van der Waals surface area contributed by atoms with Gasteiger partial charge in [-0.1, -0.05) is 31.0 Å². The molecule has 0 saturated heterocycles. The molecule has 0 radical (unpaired) electrons. The molecule has 3 N–H and O–H groups in total. The summed E-state index contributed by atoms with van der Waals surface area (Å²) in [5.41, 5.74) is -0.715. The van der Waals surface area contributed by atoms with Crippen molar-refractivity contribution in [2.75, 3.05) is 6.54 Å². The maximum atomic E-state index is 11.9. The van der Waals surface area contributed by atoms with Gasteiger partial charge in [-0.15, -0.1) is 0 Å². The zero-order valence-electron chi connectivity index (χ0n) is 11.6. The van der Waals surface area contributed by atoms with Crippen molar-refractivity contribution in [2.24, 2.45) is 0 Å². The van der Waals surface area contributed by atoms with Crippen LogP contribution in [0.3, 0.4) is 0 Å². The second-order valence-electron chi connectivity index (χ2n) is 5.19. The third-order valence-electron chi connectivity index (χ3n) is 3.69. The Balaban J connectivity index is 1.87. The van der Waals surface area contributed by atoms with E-state index >= 15 is 0 Å². The fourth-order valence-electron chi connectivity index (χ4n) is 2.53. The zero-order valence-corrected chi connectivity index (χ0v) is 11.6. The highest BCUT2D eigenvalue weighted by atomic mass is 16.4. The molecule has 1 saturated carbocycles. The van der Waals surface area contributed by atoms with Crippen molar-refractivity contribution in [3.05, 3.63) is 35.9 Å². The minimum atomic E-state index is -1.17. The number of hydrogen-bond acceptors (Lipinski definition) is 3. The first kappa shape index (κ1) is 15.0. The summed E-state index contributed by atoms with van der Waals surface area (Å²) in [5, 5.41) is 14.3. The van der Waals surface area contributed by atoms with Crippen LogP contribution in [0.5, 0.6) is 0 Å². The first-order valence-electron chi connectivity index (χ1n) is 6.91. The van der Waals surface area contributed by atoms with Gasteiger partial charge in [-0.05, 0) is 25.0 Å². The molecular formula is C15H18N2O4. The topological polar surface area (TPSA) is 95.5 Å². The van der Waals surface area contributed by atoms with Crippen LogP contribution in [0.15, 0.2) is 30.3 Å². The first-order valence-corrected chi connectivity index (χ1v) is 6.91. The van der Waals surface area contributed by atoms with Crippen LogP contribution in [0, 0.1) is 0 Å². The number of carboxylic acid groups (broad SMARTS) is 1. The third kappa shape index (κ3) is 3.59. The van der Waals surface area contributed by atoms with Gasteiger partial charge in [-0.2, -0.15) is 0 Å². The Bertz CT molecular complexity index is 536. The molecule has 6 heteroatoms. The van der Waals surface area contributed by atoms with Gasteiger partial charge in [0, 0.05) is 5.56 Å². The molecule has 0 aliphatic heterocycles. The average molecular weight is 290 g/mol. The van der Waals surface area contributed by atoms with E-state index in [1.807, 2.05) is 0 Å². The van der Waals surface area contributed by atoms with Crippen molar-refractivity contribution in [2.45, 2.75) is 31.2 Å². The standard InChI is InChI=1S/C15H18N2O4/c18-12(17-15(14(20)21)8-4-5-9-15)10-16-13(19)11-6-2-1-3-7-11/h1-3,6-7H,4-5,8-10H2,(H,16,19)(H,17,18)(H,20,21). The van der Waals surface area contributed by atoms with Gasteiger partial charge >= 0.3 is 5.97 Å². The van der Waals surface area contributed by atoms with Crippen LogP contribution < -0.4 is 10.6 Å². The third-order valence-corrected chi connectivity index (χ3v) is 3.69. The Kier molecular flexibility index (Phi) is 4.57. The van der Waals surface area contributed by atoms with Gasteiger partial charge in [-0.3, -0.25) is 9.59 Å². The molecule has 1 aromatic rings. The summed E-state index contributed by atoms with van der Waals surface area (Å²) in [5.74, 6) is -1.85. The number of carboxylic acids is 1. The van der Waals surface area contributed by atoms with Gasteiger partial charge in [0.2, 0.25) is 5.91 Å². The van der Waals surface area contributed by atoms with Crippen LogP contribution >= 0.6 is 0 Å². The lowest BCUT2D eigenvalue weighted by Crippen LogP contribution is -2.54. The molecule has 0 spiro atoms. The number of benzene rings is 1. The van der Waals surface area contributed by atoms with Gasteiger partial charge < -0.3 is 15.7 Å². The lowest BCUT2D eigenvalue weighted by atomic mass is 9.98. The molecule has 0 heterocycles. The summed E-state index contributed by atoms with van der Waals surface area (Å²) in [6.07, 6.45) is 2.42. The molecule has 6 nitrogen and oxygen atoms in total. The minimum absolute atomic E-state index is 0.233. The normalized spacial score (nSPS) is 16.2. The smallest absolute Gasteiger partial charge is 0.329 e. The fourth-order valence-corrected chi connectivity index (χ4v) is 2.53. The predicted molar refractivity (Wildman–Crippen MR) is 75.8 cm³/mol. The maximum Gasteiger partial charge on any atom is 0.329 e. The van der Waals surface area contributed by atoms with Gasteiger partial charge in [-0.25, -0.2) is 4.79 Å². The number of hydrogen-bond donors (Lipinski definition) is 3. The van der Waals surface area contributed by atoms with E-state index in [-0.39, 0.29) is 12.5 Å². The molecule has 2 rings (SSSR count). The highest BCUT2D eigenvalue weighted by Gasteiger charge is 2.42. The Morgan fingerprint density at radius 2 is 1.71 bits per heavy atom. The molecule has 0 bridgehead atoms. The molecule has 21 heavy (non-hydrogen) atoms. The molecule has 0 aromatic heterocycles. The molecule has 1 aliphatic rings. The highest BCUT2D eigenvalue weighted by Crippen LogP contribution is 2.29. The first-order chi connectivity index (χ1) is 10.0. The predicted octanol–water partition coefficient (Wildman–Crippen LogP) is 0.930. The van der Waals surface area contributed by atoms with E-state index in [0.717, 1.165) is 12.8 Å². The second kappa shape index (κ2) is 6.39. The van der Waals surface area contributed by atoms with Crippen LogP contribution in [0.1, 0.15) is 36.0 Å². The van der Waals surface area contributed by atoms with Crippen molar-refractivity contribution in [3.8, 4) is 0 Å². The molecule has 1 aromatic carbocycles. The summed E-state index contributed by atoms with van der Waals surface area (Å²) in [6.45, 7) is -0.233. The van der Waals surface area contributed by atoms with Crippen molar-refractivity contribution < 1.29 is 19.5 Å². The van der Waals surface area contributed by atoms with Crippen molar-refractivity contribution >= 4 is 17.8 Å². The molecule has 112 valence electrons. The van der Waals surface area contributed by atoms with E-state index in [1.165, 1.54) is 0 Å². The minimum Gasteiger partial charge on any atom is -0.480 e. The van der Waals surface area contributed by atoms with Crippen LogP contribution in [0.25, 0.3) is 0 Å². The zero-order chi connectivity index (χ0) is 15.3. The van der Waals surface area contributed by atoms with E-state index in [2.05, 4.69) is 10.6 Å². The number of aliphatic carboxylic acids is 1. The number of nitrogens with one attached hydrogen (secondary N) is 2. The summed E-state index contributed by atoms with van der Waals surface area (Å²) in [7, 11) is 0. The lowest BCUT2D eigenvalue weighted by molar-refractivity contribution is -0.147.